The third-order valence-corrected chi connectivity index (χ3v) is 7.63. The Hall–Kier alpha value is -2.20. The van der Waals surface area contributed by atoms with Gasteiger partial charge in [-0.2, -0.15) is 0 Å². The summed E-state index contributed by atoms with van der Waals surface area (Å²) in [5.41, 5.74) is 3.03. The molecule has 10 nitrogen and oxygen atoms in total. The number of amides is 2. The highest BCUT2D eigenvalue weighted by Gasteiger charge is 2.47. The van der Waals surface area contributed by atoms with E-state index in [1.54, 1.807) is 41.5 Å². The van der Waals surface area contributed by atoms with Gasteiger partial charge in [0.05, 0.1) is 12.6 Å². The van der Waals surface area contributed by atoms with Gasteiger partial charge in [0.15, 0.2) is 5.54 Å². The van der Waals surface area contributed by atoms with Gasteiger partial charge in [0, 0.05) is 19.4 Å². The first-order valence-corrected chi connectivity index (χ1v) is 16.6. The number of hydrazine groups is 1. The van der Waals surface area contributed by atoms with Crippen molar-refractivity contribution >= 4 is 23.8 Å². The van der Waals surface area contributed by atoms with Crippen molar-refractivity contribution < 1.29 is 28.7 Å². The minimum Gasteiger partial charge on any atom is -0.460 e. The summed E-state index contributed by atoms with van der Waals surface area (Å²) in [6.45, 7) is 13.4. The summed E-state index contributed by atoms with van der Waals surface area (Å²) in [5.74, 6) is 4.42. The molecule has 1 heterocycles. The Morgan fingerprint density at radius 3 is 1.93 bits per heavy atom. The Balaban J connectivity index is 2.81. The first kappa shape index (κ1) is 38.8. The van der Waals surface area contributed by atoms with Gasteiger partial charge < -0.3 is 20.1 Å². The number of hydrogen-bond acceptors (Lipinski definition) is 8. The molecule has 1 rings (SSSR count). The Kier molecular flexibility index (Phi) is 16.8. The molecule has 0 aliphatic carbocycles. The molecule has 0 saturated carbocycles. The lowest BCUT2D eigenvalue weighted by Crippen LogP contribution is -2.65. The van der Waals surface area contributed by atoms with Crippen LogP contribution in [0.3, 0.4) is 0 Å². The molecule has 10 heteroatoms. The van der Waals surface area contributed by atoms with E-state index in [9.17, 15) is 19.2 Å². The minimum absolute atomic E-state index is 0.0387. The number of piperidine rings is 1. The van der Waals surface area contributed by atoms with Crippen LogP contribution in [0.2, 0.25) is 0 Å². The third-order valence-electron chi connectivity index (χ3n) is 7.63. The zero-order valence-corrected chi connectivity index (χ0v) is 28.3. The average molecular weight is 611 g/mol. The highest BCUT2D eigenvalue weighted by molar-refractivity contribution is 6.07. The minimum atomic E-state index is -2.02. The van der Waals surface area contributed by atoms with Gasteiger partial charge in [0.2, 0.25) is 5.91 Å². The van der Waals surface area contributed by atoms with Crippen molar-refractivity contribution in [2.24, 2.45) is 11.6 Å². The summed E-state index contributed by atoms with van der Waals surface area (Å²) in [5, 5.41) is 0.990. The Labute approximate surface area is 260 Å². The molecule has 4 N–H and O–H groups in total. The van der Waals surface area contributed by atoms with Gasteiger partial charge in [-0.15, -0.1) is 0 Å². The molecule has 0 radical (unpaired) electrons. The summed E-state index contributed by atoms with van der Waals surface area (Å²) in [4.78, 5) is 54.1. The molecular weight excluding hydrogens is 548 g/mol. The van der Waals surface area contributed by atoms with Crippen molar-refractivity contribution in [2.45, 2.75) is 174 Å². The second-order valence-electron chi connectivity index (χ2n) is 14.2. The maximum Gasteiger partial charge on any atom is 0.336 e. The standard InChI is InChI=1S/C33H62N4O6/c1-8-9-10-11-12-13-14-15-21-27(38)36-24-19-17-20-26(36)25-37(35)29(40)33(34,30(41)43-32(5,6)7)23-18-16-22-28(39)42-31(2,3)4/h26H,8-25,34-35H2,1-7H3. The lowest BCUT2D eigenvalue weighted by molar-refractivity contribution is -0.168. The molecule has 1 fully saturated rings. The normalized spacial score (nSPS) is 17.2. The van der Waals surface area contributed by atoms with Gasteiger partial charge in [-0.05, 0) is 86.5 Å². The second kappa shape index (κ2) is 18.6. The van der Waals surface area contributed by atoms with Crippen molar-refractivity contribution in [2.75, 3.05) is 13.1 Å². The van der Waals surface area contributed by atoms with E-state index in [1.807, 2.05) is 4.90 Å². The van der Waals surface area contributed by atoms with E-state index < -0.39 is 28.6 Å². The number of unbranched alkanes of at least 4 members (excludes halogenated alkanes) is 8. The van der Waals surface area contributed by atoms with E-state index >= 15 is 0 Å². The first-order chi connectivity index (χ1) is 20.0. The molecule has 43 heavy (non-hydrogen) atoms. The smallest absolute Gasteiger partial charge is 0.336 e. The van der Waals surface area contributed by atoms with Crippen LogP contribution in [0.5, 0.6) is 0 Å². The molecule has 0 spiro atoms. The van der Waals surface area contributed by atoms with Crippen LogP contribution in [-0.4, -0.2) is 69.5 Å². The SMILES string of the molecule is CCCCCCCCCCC(=O)N1CCCCC1CN(N)C(=O)C(N)(CCCCC(=O)OC(C)(C)C)C(=O)OC(C)(C)C. The van der Waals surface area contributed by atoms with E-state index in [4.69, 9.17) is 21.1 Å². The monoisotopic (exact) mass is 610 g/mol. The van der Waals surface area contributed by atoms with Gasteiger partial charge in [0.25, 0.3) is 5.91 Å². The average Bonchev–Trinajstić information content (AvgIpc) is 2.90. The van der Waals surface area contributed by atoms with Crippen LogP contribution >= 0.6 is 0 Å². The molecule has 1 aliphatic rings. The molecule has 0 aromatic heterocycles. The van der Waals surface area contributed by atoms with E-state index in [0.717, 1.165) is 43.5 Å². The Morgan fingerprint density at radius 2 is 1.35 bits per heavy atom. The summed E-state index contributed by atoms with van der Waals surface area (Å²) in [6.07, 6.45) is 13.2. The van der Waals surface area contributed by atoms with Crippen LogP contribution < -0.4 is 11.6 Å². The van der Waals surface area contributed by atoms with Crippen LogP contribution in [0, 0.1) is 0 Å². The summed E-state index contributed by atoms with van der Waals surface area (Å²) >= 11 is 0. The van der Waals surface area contributed by atoms with Gasteiger partial charge in [0.1, 0.15) is 11.2 Å². The summed E-state index contributed by atoms with van der Waals surface area (Å²) in [7, 11) is 0. The van der Waals surface area contributed by atoms with Crippen LogP contribution in [0.4, 0.5) is 0 Å². The quantitative estimate of drug-likeness (QED) is 0.0514. The van der Waals surface area contributed by atoms with Crippen molar-refractivity contribution in [3.05, 3.63) is 0 Å². The molecular formula is C33H62N4O6. The highest BCUT2D eigenvalue weighted by Crippen LogP contribution is 2.24. The van der Waals surface area contributed by atoms with Gasteiger partial charge in [-0.1, -0.05) is 51.9 Å². The molecule has 1 aliphatic heterocycles. The number of carbonyl (C=O) groups excluding carboxylic acids is 4. The van der Waals surface area contributed by atoms with E-state index in [-0.39, 0.29) is 37.3 Å². The maximum absolute atomic E-state index is 13.7. The molecule has 2 unspecified atom stereocenters. The molecule has 0 bridgehead atoms. The first-order valence-electron chi connectivity index (χ1n) is 16.6. The molecule has 2 atom stereocenters. The second-order valence-corrected chi connectivity index (χ2v) is 14.2. The van der Waals surface area contributed by atoms with Crippen LogP contribution in [0.25, 0.3) is 0 Å². The van der Waals surface area contributed by atoms with Crippen LogP contribution in [0.1, 0.15) is 151 Å². The molecule has 0 aromatic carbocycles. The maximum atomic E-state index is 13.7. The topological polar surface area (TPSA) is 145 Å². The number of nitrogens with zero attached hydrogens (tertiary/aromatic N) is 2. The Bertz CT molecular complexity index is 882. The zero-order valence-electron chi connectivity index (χ0n) is 28.3. The molecule has 2 amide bonds. The fourth-order valence-electron chi connectivity index (χ4n) is 5.37. The number of likely N-dealkylation sites (tertiary alicyclic amines) is 1. The Morgan fingerprint density at radius 1 is 0.791 bits per heavy atom. The van der Waals surface area contributed by atoms with Crippen LogP contribution in [-0.2, 0) is 28.7 Å². The summed E-state index contributed by atoms with van der Waals surface area (Å²) < 4.78 is 10.9. The highest BCUT2D eigenvalue weighted by atomic mass is 16.6. The lowest BCUT2D eigenvalue weighted by atomic mass is 9.91. The third kappa shape index (κ3) is 15.4. The fourth-order valence-corrected chi connectivity index (χ4v) is 5.37. The number of hydrogen-bond donors (Lipinski definition) is 2. The van der Waals surface area contributed by atoms with E-state index in [0.29, 0.717) is 25.8 Å². The number of rotatable bonds is 18. The van der Waals surface area contributed by atoms with Gasteiger partial charge >= 0.3 is 11.9 Å². The predicted octanol–water partition coefficient (Wildman–Crippen LogP) is 5.54. The predicted molar refractivity (Wildman–Crippen MR) is 170 cm³/mol. The number of esters is 2. The number of carbonyl (C=O) groups is 4. The van der Waals surface area contributed by atoms with Crippen molar-refractivity contribution in [1.82, 2.24) is 9.91 Å². The van der Waals surface area contributed by atoms with E-state index in [2.05, 4.69) is 6.92 Å². The van der Waals surface area contributed by atoms with Crippen molar-refractivity contribution in [3.63, 3.8) is 0 Å². The largest absolute Gasteiger partial charge is 0.460 e. The molecule has 250 valence electrons. The molecule has 0 aromatic rings. The summed E-state index contributed by atoms with van der Waals surface area (Å²) in [6, 6.07) is -0.237. The lowest BCUT2D eigenvalue weighted by Gasteiger charge is -2.39. The van der Waals surface area contributed by atoms with Gasteiger partial charge in [-0.25, -0.2) is 10.6 Å². The fraction of sp³-hybridized carbons (Fsp3) is 0.879. The van der Waals surface area contributed by atoms with Crippen LogP contribution in [0.15, 0.2) is 0 Å². The molecule has 1 saturated heterocycles. The number of ether oxygens (including phenoxy) is 2. The van der Waals surface area contributed by atoms with E-state index in [1.165, 1.54) is 32.1 Å². The van der Waals surface area contributed by atoms with Crippen molar-refractivity contribution in [3.8, 4) is 0 Å². The number of nitrogens with two attached hydrogens (primary N) is 2. The zero-order chi connectivity index (χ0) is 32.7. The van der Waals surface area contributed by atoms with Gasteiger partial charge in [-0.3, -0.25) is 19.4 Å². The van der Waals surface area contributed by atoms with Crippen molar-refractivity contribution in [1.29, 1.82) is 0 Å².